The summed E-state index contributed by atoms with van der Waals surface area (Å²) in [5, 5.41) is 140. The second kappa shape index (κ2) is 33.5. The number of carbonyl (C=O) groups is 8. The van der Waals surface area contributed by atoms with Crippen molar-refractivity contribution in [2.75, 3.05) is 13.2 Å². The van der Waals surface area contributed by atoms with Gasteiger partial charge in [-0.15, -0.1) is 5.10 Å². The highest BCUT2D eigenvalue weighted by atomic mass is 35.5. The van der Waals surface area contributed by atoms with E-state index in [1.54, 1.807) is 0 Å². The standard InChI is InChI=1S/C77H76Cl2N10O24/c1-3-4-5-6-7-8-17-108-32-40-30-89(88-87-40)65-36-11-14-50(95)54(24-36)109-43-21-38(20-41(92)27-43)60-72(102)84-61-39-25-55(110-52-15-9-34(18-46(52)78)19-48(70(100)82-60)81-75(65)105)66(97)56(26-39)111-53-16-12-37(23-47(53)79)69(113-77-63(80-33(2)91)68(99)67(98)57(31-90)112-77)64-74(104)85-62(76(106)107)45-28-42(93)29-51(96)58(45)44-22-35(10-13-49(44)94)59(71(101)86-64)83-73(61)103/h9-16,18,20-30,48,57,59-65,67-69,77,90,92-99H,3-8,17,19,31-32H2,1-2H3,(H,80,91)(H,81,105)(H,82,100)(H,83,103)(H,84,102)(H,85,104)(H,86,101)(H,106,107)/t48-,57-,59-,60+,61-,62-,63-,64+,65-,67-,68-,69-,77+/m1/s1. The Kier molecular flexibility index (Phi) is 23.4. The maximum atomic E-state index is 16.3. The van der Waals surface area contributed by atoms with Crippen molar-refractivity contribution in [1.29, 1.82) is 0 Å². The second-order valence-electron chi connectivity index (χ2n) is 27.6. The summed E-state index contributed by atoms with van der Waals surface area (Å²) in [4.78, 5) is 122. The molecule has 0 radical (unpaired) electrons. The highest BCUT2D eigenvalue weighted by Gasteiger charge is 2.49. The number of aliphatic carboxylic acids is 1. The number of fused-ring (bicyclic) bond motifs is 14. The van der Waals surface area contributed by atoms with Crippen LogP contribution in [0.2, 0.25) is 10.0 Å². The number of halogens is 2. The summed E-state index contributed by atoms with van der Waals surface area (Å²) in [6.07, 6.45) is -2.72. The molecule has 8 heterocycles. The highest BCUT2D eigenvalue weighted by Crippen LogP contribution is 2.49. The van der Waals surface area contributed by atoms with E-state index in [0.29, 0.717) is 12.3 Å². The molecule has 0 unspecified atom stereocenters. The van der Waals surface area contributed by atoms with Gasteiger partial charge >= 0.3 is 5.97 Å². The van der Waals surface area contributed by atoms with Crippen molar-refractivity contribution < 1.29 is 118 Å². The predicted molar refractivity (Wildman–Crippen MR) is 393 cm³/mol. The van der Waals surface area contributed by atoms with Crippen LogP contribution in [0, 0.1) is 0 Å². The van der Waals surface area contributed by atoms with E-state index in [1.165, 1.54) is 59.4 Å². The second-order valence-corrected chi connectivity index (χ2v) is 28.4. The summed E-state index contributed by atoms with van der Waals surface area (Å²) in [5.74, 6) is -17.1. The zero-order chi connectivity index (χ0) is 80.4. The molecule has 1 saturated heterocycles. The first-order valence-electron chi connectivity index (χ1n) is 35.7. The van der Waals surface area contributed by atoms with Crippen LogP contribution in [0.25, 0.3) is 11.1 Å². The first-order valence-corrected chi connectivity index (χ1v) is 36.5. The van der Waals surface area contributed by atoms with Gasteiger partial charge in [-0.2, -0.15) is 0 Å². The number of nitrogens with one attached hydrogen (secondary N) is 7. The number of amides is 7. The van der Waals surface area contributed by atoms with Crippen LogP contribution < -0.4 is 51.4 Å². The molecule has 17 N–H and O–H groups in total. The molecule has 13 atom stereocenters. The van der Waals surface area contributed by atoms with Gasteiger partial charge in [0, 0.05) is 48.8 Å². The predicted octanol–water partition coefficient (Wildman–Crippen LogP) is 6.01. The number of phenols is 6. The van der Waals surface area contributed by atoms with E-state index in [-0.39, 0.29) is 62.4 Å². The van der Waals surface area contributed by atoms with Crippen molar-refractivity contribution in [3.63, 3.8) is 0 Å². The number of hydrogen-bond donors (Lipinski definition) is 17. The van der Waals surface area contributed by atoms with Gasteiger partial charge in [-0.3, -0.25) is 33.6 Å². The van der Waals surface area contributed by atoms with Crippen LogP contribution in [0.3, 0.4) is 0 Å². The lowest BCUT2D eigenvalue weighted by Crippen LogP contribution is -2.65. The van der Waals surface area contributed by atoms with Gasteiger partial charge < -0.3 is 117 Å². The number of nitrogens with zero attached hydrogens (tertiary/aromatic N) is 3. The van der Waals surface area contributed by atoms with Crippen molar-refractivity contribution in [2.45, 2.75) is 144 Å². The number of benzene rings is 7. The van der Waals surface area contributed by atoms with Gasteiger partial charge in [0.25, 0.3) is 0 Å². The van der Waals surface area contributed by atoms with Crippen LogP contribution in [0.4, 0.5) is 0 Å². The first-order chi connectivity index (χ1) is 54.1. The fourth-order valence-electron chi connectivity index (χ4n) is 14.0. The molecule has 592 valence electrons. The normalized spacial score (nSPS) is 23.6. The smallest absolute Gasteiger partial charge is 0.330 e. The third kappa shape index (κ3) is 17.1. The summed E-state index contributed by atoms with van der Waals surface area (Å²) in [6.45, 7) is 2.56. The first kappa shape index (κ1) is 79.1. The molecule has 7 aromatic carbocycles. The molecule has 0 saturated carbocycles. The number of carboxylic acids is 1. The van der Waals surface area contributed by atoms with Crippen LogP contribution in [-0.4, -0.2) is 169 Å². The molecule has 34 nitrogen and oxygen atoms in total. The number of carboxylic acid groups (broad SMARTS) is 1. The topological polar surface area (TPSA) is 509 Å². The van der Waals surface area contributed by atoms with Crippen molar-refractivity contribution in [3.05, 3.63) is 176 Å². The Morgan fingerprint density at radius 3 is 1.92 bits per heavy atom. The van der Waals surface area contributed by atoms with E-state index in [4.69, 9.17) is 51.6 Å². The Bertz CT molecular complexity index is 5070. The van der Waals surface area contributed by atoms with Gasteiger partial charge in [-0.1, -0.05) is 91.7 Å². The van der Waals surface area contributed by atoms with Crippen LogP contribution in [-0.2, 0) is 65.6 Å². The van der Waals surface area contributed by atoms with Gasteiger partial charge in [0.05, 0.1) is 29.5 Å². The molecule has 8 aromatic rings. The molecule has 15 rings (SSSR count). The Labute approximate surface area is 651 Å². The van der Waals surface area contributed by atoms with Crippen LogP contribution in [0.15, 0.2) is 121 Å². The van der Waals surface area contributed by atoms with E-state index < -0.39 is 213 Å². The number of aromatic hydroxyl groups is 6. The molecule has 0 aliphatic carbocycles. The highest BCUT2D eigenvalue weighted by molar-refractivity contribution is 6.32. The number of ether oxygens (including phenoxy) is 6. The molecule has 7 amide bonds. The Morgan fingerprint density at radius 2 is 1.23 bits per heavy atom. The molecule has 113 heavy (non-hydrogen) atoms. The Hall–Kier alpha value is -12.0. The SMILES string of the molecule is CCCCCCCCOCc1cn([C@H]2C(=O)N[C@@H]3Cc4ccc(c(Cl)c4)Oc4cc5cc(c4O)Oc4ccc(cc4Cl)[C@@H](O[C@@H]4O[C@H](CO)[C@@H](O)[C@H](O)[C@H]4NC(C)=O)[C@@H]4NC(=O)[C@H](NC(=O)[C@@H]5NC(=O)[C@@H](NC3=O)c3cc(O)cc(c3)Oc3cc2ccc3O)c2ccc(O)c(c2)-c2c(O)cc(O)cc2[C@H](C(=O)O)NC4=O)nn1. The molecule has 17 bridgehead atoms. The van der Waals surface area contributed by atoms with Crippen LogP contribution >= 0.6 is 23.2 Å². The number of rotatable bonds is 15. The lowest BCUT2D eigenvalue weighted by Gasteiger charge is -2.44. The summed E-state index contributed by atoms with van der Waals surface area (Å²) in [7, 11) is 0. The van der Waals surface area contributed by atoms with Gasteiger partial charge in [0.2, 0.25) is 47.1 Å². The summed E-state index contributed by atoms with van der Waals surface area (Å²) < 4.78 is 38.7. The molecule has 7 aliphatic rings. The number of hydrogen-bond acceptors (Lipinski definition) is 25. The minimum atomic E-state index is -2.40. The molecule has 36 heteroatoms. The Morgan fingerprint density at radius 1 is 0.602 bits per heavy atom. The van der Waals surface area contributed by atoms with Crippen molar-refractivity contribution in [1.82, 2.24) is 52.2 Å². The van der Waals surface area contributed by atoms with Gasteiger partial charge in [-0.25, -0.2) is 9.48 Å². The van der Waals surface area contributed by atoms with E-state index in [2.05, 4.69) is 54.5 Å². The summed E-state index contributed by atoms with van der Waals surface area (Å²) in [5.41, 5.74) is -2.30. The largest absolute Gasteiger partial charge is 0.508 e. The van der Waals surface area contributed by atoms with Crippen molar-refractivity contribution in [3.8, 4) is 80.1 Å². The average molecular weight is 1600 g/mol. The lowest BCUT2D eigenvalue weighted by atomic mass is 9.89. The van der Waals surface area contributed by atoms with Gasteiger partial charge in [-0.05, 0) is 119 Å². The number of aliphatic hydroxyl groups excluding tert-OH is 3. The number of unbranched alkanes of at least 4 members (excludes halogenated alkanes) is 5. The number of phenolic OH excluding ortho intramolecular Hbond substituents is 6. The number of aliphatic hydroxyl groups is 3. The summed E-state index contributed by atoms with van der Waals surface area (Å²) >= 11 is 14.2. The minimum Gasteiger partial charge on any atom is -0.508 e. The molecule has 0 spiro atoms. The fourth-order valence-corrected chi connectivity index (χ4v) is 14.5. The monoisotopic (exact) mass is 1590 g/mol. The molecule has 7 aliphatic heterocycles. The van der Waals surface area contributed by atoms with E-state index in [0.717, 1.165) is 112 Å². The number of aromatic nitrogens is 3. The summed E-state index contributed by atoms with van der Waals surface area (Å²) in [6, 6.07) is 5.17. The lowest BCUT2D eigenvalue weighted by molar-refractivity contribution is -0.284. The third-order valence-electron chi connectivity index (χ3n) is 19.6. The molecule has 1 aromatic heterocycles. The van der Waals surface area contributed by atoms with Gasteiger partial charge in [0.15, 0.2) is 41.4 Å². The van der Waals surface area contributed by atoms with E-state index in [9.17, 15) is 60.7 Å². The van der Waals surface area contributed by atoms with Crippen LogP contribution in [0.5, 0.6) is 69.0 Å². The Balaban J connectivity index is 0.982. The number of carbonyl (C=O) groups excluding carboxylic acids is 7. The van der Waals surface area contributed by atoms with E-state index >= 15 is 28.8 Å². The molecular formula is C77H76Cl2N10O24. The molecular weight excluding hydrogens is 1520 g/mol. The zero-order valence-corrected chi connectivity index (χ0v) is 61.4. The molecule has 1 fully saturated rings. The van der Waals surface area contributed by atoms with Crippen molar-refractivity contribution in [2.24, 2.45) is 0 Å². The van der Waals surface area contributed by atoms with Crippen LogP contribution in [0.1, 0.15) is 133 Å². The third-order valence-corrected chi connectivity index (χ3v) is 20.2. The minimum absolute atomic E-state index is 0.00245. The average Bonchev–Trinajstić information content (AvgIpc) is 1.05. The van der Waals surface area contributed by atoms with Crippen molar-refractivity contribution >= 4 is 70.5 Å². The maximum Gasteiger partial charge on any atom is 0.330 e. The quantitative estimate of drug-likeness (QED) is 0.0522. The maximum absolute atomic E-state index is 16.3. The van der Waals surface area contributed by atoms with E-state index in [1.807, 2.05) is 0 Å². The fraction of sp³-hybridized carbons (Fsp3) is 0.325. The van der Waals surface area contributed by atoms with Gasteiger partial charge in [0.1, 0.15) is 107 Å². The zero-order valence-electron chi connectivity index (χ0n) is 59.9.